The zero-order valence-corrected chi connectivity index (χ0v) is 12.9. The van der Waals surface area contributed by atoms with E-state index in [1.807, 2.05) is 36.4 Å². The van der Waals surface area contributed by atoms with Gasteiger partial charge in [0, 0.05) is 0 Å². The maximum Gasteiger partial charge on any atom is 0.339 e. The predicted molar refractivity (Wildman–Crippen MR) is 90.3 cm³/mol. The summed E-state index contributed by atoms with van der Waals surface area (Å²) in [6.07, 6.45) is 3.81. The van der Waals surface area contributed by atoms with Gasteiger partial charge in [0.25, 0.3) is 0 Å². The number of benzene rings is 2. The number of ether oxygens (including phenoxy) is 1. The molecular weight excluding hydrogens is 276 g/mol. The van der Waals surface area contributed by atoms with Gasteiger partial charge in [-0.25, -0.2) is 4.79 Å². The van der Waals surface area contributed by atoms with Crippen LogP contribution in [0.15, 0.2) is 61.2 Å². The standard InChI is InChI=1S/C11H14O3.C8H8/c1-2-3-8-14-10-7-5-4-6-9(10)11(12)13;1-2-8-6-4-3-5-7-8/h4-7H,2-3,8H2,1H3,(H,12,13);2-7H,1H2. The molecule has 0 amide bonds. The lowest BCUT2D eigenvalue weighted by molar-refractivity contribution is 0.0692. The first-order chi connectivity index (χ1) is 10.7. The number of rotatable bonds is 6. The number of carboxylic acids is 1. The lowest BCUT2D eigenvalue weighted by atomic mass is 10.2. The highest BCUT2D eigenvalue weighted by atomic mass is 16.5. The van der Waals surface area contributed by atoms with Gasteiger partial charge in [0.15, 0.2) is 0 Å². The topological polar surface area (TPSA) is 46.5 Å². The van der Waals surface area contributed by atoms with Gasteiger partial charge in [-0.3, -0.25) is 0 Å². The summed E-state index contributed by atoms with van der Waals surface area (Å²) < 4.78 is 5.36. The lowest BCUT2D eigenvalue weighted by Gasteiger charge is -2.07. The Bertz CT molecular complexity index is 576. The number of carbonyl (C=O) groups is 1. The normalized spacial score (nSPS) is 9.32. The smallest absolute Gasteiger partial charge is 0.339 e. The van der Waals surface area contributed by atoms with Crippen LogP contribution in [0.3, 0.4) is 0 Å². The molecule has 2 rings (SSSR count). The Labute approximate surface area is 131 Å². The van der Waals surface area contributed by atoms with Gasteiger partial charge in [0.2, 0.25) is 0 Å². The number of unbranched alkanes of at least 4 members (excludes halogenated alkanes) is 1. The summed E-state index contributed by atoms with van der Waals surface area (Å²) in [6.45, 7) is 6.26. The van der Waals surface area contributed by atoms with Crippen molar-refractivity contribution in [2.75, 3.05) is 6.61 Å². The molecule has 0 aliphatic heterocycles. The summed E-state index contributed by atoms with van der Waals surface area (Å²) in [4.78, 5) is 10.8. The first-order valence-corrected chi connectivity index (χ1v) is 7.31. The van der Waals surface area contributed by atoms with Crippen molar-refractivity contribution >= 4 is 12.0 Å². The third kappa shape index (κ3) is 6.27. The van der Waals surface area contributed by atoms with Gasteiger partial charge in [-0.2, -0.15) is 0 Å². The van der Waals surface area contributed by atoms with Crippen LogP contribution in [0.2, 0.25) is 0 Å². The molecule has 116 valence electrons. The zero-order chi connectivity index (χ0) is 16.2. The van der Waals surface area contributed by atoms with E-state index in [1.54, 1.807) is 24.3 Å². The molecule has 0 aliphatic rings. The van der Waals surface area contributed by atoms with Crippen LogP contribution in [0.5, 0.6) is 5.75 Å². The minimum atomic E-state index is -0.947. The molecule has 0 radical (unpaired) electrons. The van der Waals surface area contributed by atoms with Crippen LogP contribution in [0.25, 0.3) is 6.08 Å². The fourth-order valence-corrected chi connectivity index (χ4v) is 1.68. The summed E-state index contributed by atoms with van der Waals surface area (Å²) >= 11 is 0. The van der Waals surface area contributed by atoms with Crippen molar-refractivity contribution in [3.63, 3.8) is 0 Å². The van der Waals surface area contributed by atoms with Crippen molar-refractivity contribution in [2.45, 2.75) is 19.8 Å². The molecule has 3 nitrogen and oxygen atoms in total. The van der Waals surface area contributed by atoms with Crippen molar-refractivity contribution in [3.8, 4) is 5.75 Å². The molecule has 0 aromatic heterocycles. The van der Waals surface area contributed by atoms with Crippen molar-refractivity contribution < 1.29 is 14.6 Å². The number of carboxylic acid groups (broad SMARTS) is 1. The molecule has 22 heavy (non-hydrogen) atoms. The van der Waals surface area contributed by atoms with Gasteiger partial charge in [-0.05, 0) is 24.1 Å². The van der Waals surface area contributed by atoms with Gasteiger partial charge in [0.05, 0.1) is 6.61 Å². The van der Waals surface area contributed by atoms with Crippen LogP contribution in [0, 0.1) is 0 Å². The van der Waals surface area contributed by atoms with E-state index >= 15 is 0 Å². The Kier molecular flexibility index (Phi) is 8.13. The summed E-state index contributed by atoms with van der Waals surface area (Å²) in [7, 11) is 0. The highest BCUT2D eigenvalue weighted by Gasteiger charge is 2.09. The average Bonchev–Trinajstić information content (AvgIpc) is 2.57. The van der Waals surface area contributed by atoms with Gasteiger partial charge >= 0.3 is 5.97 Å². The quantitative estimate of drug-likeness (QED) is 0.772. The molecule has 0 unspecified atom stereocenters. The van der Waals surface area contributed by atoms with E-state index in [2.05, 4.69) is 13.5 Å². The van der Waals surface area contributed by atoms with Crippen LogP contribution in [0.1, 0.15) is 35.7 Å². The fraction of sp³-hybridized carbons (Fsp3) is 0.211. The third-order valence-electron chi connectivity index (χ3n) is 2.91. The maximum absolute atomic E-state index is 10.8. The monoisotopic (exact) mass is 298 g/mol. The summed E-state index contributed by atoms with van der Waals surface area (Å²) in [6, 6.07) is 16.7. The largest absolute Gasteiger partial charge is 0.493 e. The molecule has 0 saturated carbocycles. The first kappa shape index (κ1) is 17.5. The highest BCUT2D eigenvalue weighted by Crippen LogP contribution is 2.17. The molecule has 0 spiro atoms. The Morgan fingerprint density at radius 2 is 1.77 bits per heavy atom. The Balaban J connectivity index is 0.000000255. The van der Waals surface area contributed by atoms with E-state index in [0.29, 0.717) is 12.4 Å². The molecule has 2 aromatic carbocycles. The molecule has 0 atom stereocenters. The van der Waals surface area contributed by atoms with Crippen molar-refractivity contribution in [1.29, 1.82) is 0 Å². The van der Waals surface area contributed by atoms with Gasteiger partial charge < -0.3 is 9.84 Å². The van der Waals surface area contributed by atoms with Gasteiger partial charge in [-0.15, -0.1) is 0 Å². The second-order valence-electron chi connectivity index (χ2n) is 4.62. The number of aromatic carboxylic acids is 1. The fourth-order valence-electron chi connectivity index (χ4n) is 1.68. The van der Waals surface area contributed by atoms with E-state index in [4.69, 9.17) is 9.84 Å². The number of hydrogen-bond acceptors (Lipinski definition) is 2. The van der Waals surface area contributed by atoms with Crippen molar-refractivity contribution in [1.82, 2.24) is 0 Å². The second-order valence-corrected chi connectivity index (χ2v) is 4.62. The van der Waals surface area contributed by atoms with Crippen LogP contribution in [-0.2, 0) is 0 Å². The molecule has 0 bridgehead atoms. The summed E-state index contributed by atoms with van der Waals surface area (Å²) in [5.41, 5.74) is 1.40. The van der Waals surface area contributed by atoms with Crippen LogP contribution in [0.4, 0.5) is 0 Å². The molecule has 0 fully saturated rings. The molecule has 0 aliphatic carbocycles. The first-order valence-electron chi connectivity index (χ1n) is 7.31. The van der Waals surface area contributed by atoms with Crippen LogP contribution >= 0.6 is 0 Å². The van der Waals surface area contributed by atoms with E-state index in [0.717, 1.165) is 12.8 Å². The van der Waals surface area contributed by atoms with E-state index in [-0.39, 0.29) is 5.56 Å². The maximum atomic E-state index is 10.8. The zero-order valence-electron chi connectivity index (χ0n) is 12.9. The SMILES string of the molecule is C=Cc1ccccc1.CCCCOc1ccccc1C(=O)O. The van der Waals surface area contributed by atoms with Crippen molar-refractivity contribution in [3.05, 3.63) is 72.3 Å². The molecule has 1 N–H and O–H groups in total. The minimum absolute atomic E-state index is 0.226. The minimum Gasteiger partial charge on any atom is -0.493 e. The summed E-state index contributed by atoms with van der Waals surface area (Å²) in [5, 5.41) is 8.84. The lowest BCUT2D eigenvalue weighted by Crippen LogP contribution is -2.03. The van der Waals surface area contributed by atoms with E-state index in [9.17, 15) is 4.79 Å². The highest BCUT2D eigenvalue weighted by molar-refractivity contribution is 5.90. The van der Waals surface area contributed by atoms with Crippen LogP contribution < -0.4 is 4.74 Å². The third-order valence-corrected chi connectivity index (χ3v) is 2.91. The Morgan fingerprint density at radius 3 is 2.32 bits per heavy atom. The second kappa shape index (κ2) is 10.2. The van der Waals surface area contributed by atoms with E-state index < -0.39 is 5.97 Å². The van der Waals surface area contributed by atoms with E-state index in [1.165, 1.54) is 5.56 Å². The number of para-hydroxylation sites is 1. The number of hydrogen-bond donors (Lipinski definition) is 1. The predicted octanol–water partition coefficient (Wildman–Crippen LogP) is 4.89. The van der Waals surface area contributed by atoms with Crippen molar-refractivity contribution in [2.24, 2.45) is 0 Å². The Morgan fingerprint density at radius 1 is 1.14 bits per heavy atom. The summed E-state index contributed by atoms with van der Waals surface area (Å²) in [5.74, 6) is -0.495. The molecular formula is C19H22O3. The van der Waals surface area contributed by atoms with Gasteiger partial charge in [0.1, 0.15) is 11.3 Å². The van der Waals surface area contributed by atoms with Gasteiger partial charge in [-0.1, -0.05) is 68.5 Å². The molecule has 0 saturated heterocycles. The molecule has 0 heterocycles. The van der Waals surface area contributed by atoms with Crippen LogP contribution in [-0.4, -0.2) is 17.7 Å². The Hall–Kier alpha value is -2.55. The average molecular weight is 298 g/mol. The molecule has 2 aromatic rings. The molecule has 3 heteroatoms.